The molecule has 0 atom stereocenters. The largest absolute Gasteiger partial charge is 0.525 e. The Morgan fingerprint density at radius 3 is 2.76 bits per heavy atom. The van der Waals surface area contributed by atoms with Gasteiger partial charge in [-0.1, -0.05) is 0 Å². The average Bonchev–Trinajstić information content (AvgIpc) is 2.54. The number of aromatic nitrogens is 3. The maximum Gasteiger partial charge on any atom is 0.525 e. The van der Waals surface area contributed by atoms with Crippen LogP contribution in [-0.2, 0) is 11.8 Å². The van der Waals surface area contributed by atoms with Crippen molar-refractivity contribution < 1.29 is 23.8 Å². The minimum atomic E-state index is -1.18. The molecule has 1 aliphatic heterocycles. The van der Waals surface area contributed by atoms with Gasteiger partial charge >= 0.3 is 12.3 Å². The molecule has 86 valence electrons. The molecule has 0 aromatic carbocycles. The summed E-state index contributed by atoms with van der Waals surface area (Å²) in [5, 5.41) is 4.62. The number of pyridine rings is 1. The minimum absolute atomic E-state index is 0.0151. The molecule has 2 aromatic heterocycles. The van der Waals surface area contributed by atoms with E-state index in [1.54, 1.807) is 13.2 Å². The molecule has 17 heavy (non-hydrogen) atoms. The van der Waals surface area contributed by atoms with Crippen LogP contribution in [0.5, 0.6) is 11.6 Å². The van der Waals surface area contributed by atoms with E-state index in [9.17, 15) is 9.59 Å². The molecule has 8 heteroatoms. The smallest absolute Gasteiger partial charge is 0.389 e. The Morgan fingerprint density at radius 2 is 1.94 bits per heavy atom. The third kappa shape index (κ3) is 1.46. The van der Waals surface area contributed by atoms with Crippen LogP contribution in [0.4, 0.5) is 9.59 Å². The van der Waals surface area contributed by atoms with Crippen molar-refractivity contribution in [1.82, 2.24) is 14.8 Å². The van der Waals surface area contributed by atoms with Crippen LogP contribution in [0.1, 0.15) is 0 Å². The van der Waals surface area contributed by atoms with Gasteiger partial charge in [0.15, 0.2) is 11.4 Å². The Kier molecular flexibility index (Phi) is 1.79. The Morgan fingerprint density at radius 1 is 1.18 bits per heavy atom. The van der Waals surface area contributed by atoms with Crippen molar-refractivity contribution in [2.75, 3.05) is 0 Å². The van der Waals surface area contributed by atoms with E-state index in [4.69, 9.17) is 9.47 Å². The fourth-order valence-electron chi connectivity index (χ4n) is 1.47. The van der Waals surface area contributed by atoms with Crippen molar-refractivity contribution in [2.45, 2.75) is 0 Å². The van der Waals surface area contributed by atoms with Crippen LogP contribution in [0, 0.1) is 0 Å². The van der Waals surface area contributed by atoms with Crippen molar-refractivity contribution in [3.63, 3.8) is 0 Å². The monoisotopic (exact) mass is 235 g/mol. The van der Waals surface area contributed by atoms with E-state index in [1.807, 2.05) is 0 Å². The summed E-state index contributed by atoms with van der Waals surface area (Å²) in [7, 11) is 1.68. The standard InChI is InChI=1S/C9H5N3O5/c1-12-6-4(3-10-12)2-5-7(11-6)16-9(14)17-8(13)15-5/h2-3H,1H3. The molecule has 3 rings (SSSR count). The first-order chi connectivity index (χ1) is 8.13. The molecule has 1 aliphatic rings. The highest BCUT2D eigenvalue weighted by Gasteiger charge is 2.26. The van der Waals surface area contributed by atoms with Crippen LogP contribution in [0.2, 0.25) is 0 Å². The Bertz CT molecular complexity index is 647. The predicted octanol–water partition coefficient (Wildman–Crippen LogP) is 0.996. The molecule has 0 saturated heterocycles. The number of carbonyl (C=O) groups is 2. The van der Waals surface area contributed by atoms with E-state index < -0.39 is 12.3 Å². The lowest BCUT2D eigenvalue weighted by Gasteiger charge is -2.01. The van der Waals surface area contributed by atoms with Crippen molar-refractivity contribution in [1.29, 1.82) is 0 Å². The molecule has 8 nitrogen and oxygen atoms in total. The fourth-order valence-corrected chi connectivity index (χ4v) is 1.47. The first-order valence-electron chi connectivity index (χ1n) is 4.58. The number of hydrogen-bond acceptors (Lipinski definition) is 7. The molecule has 2 aromatic rings. The van der Waals surface area contributed by atoms with E-state index in [1.165, 1.54) is 10.7 Å². The van der Waals surface area contributed by atoms with Gasteiger partial charge in [0, 0.05) is 12.4 Å². The summed E-state index contributed by atoms with van der Waals surface area (Å²) in [5.41, 5.74) is 0.495. The summed E-state index contributed by atoms with van der Waals surface area (Å²) in [6.45, 7) is 0. The number of fused-ring (bicyclic) bond motifs is 2. The quantitative estimate of drug-likeness (QED) is 0.496. The van der Waals surface area contributed by atoms with Crippen LogP contribution < -0.4 is 9.47 Å². The lowest BCUT2D eigenvalue weighted by atomic mass is 10.3. The van der Waals surface area contributed by atoms with Crippen LogP contribution >= 0.6 is 0 Å². The van der Waals surface area contributed by atoms with Crippen molar-refractivity contribution in [3.05, 3.63) is 12.3 Å². The van der Waals surface area contributed by atoms with Gasteiger partial charge in [0.2, 0.25) is 0 Å². The molecule has 0 radical (unpaired) electrons. The summed E-state index contributed by atoms with van der Waals surface area (Å²) in [4.78, 5) is 26.0. The van der Waals surface area contributed by atoms with E-state index in [2.05, 4.69) is 14.8 Å². The van der Waals surface area contributed by atoms with E-state index in [0.717, 1.165) is 0 Å². The van der Waals surface area contributed by atoms with E-state index >= 15 is 0 Å². The Hall–Kier alpha value is -2.64. The molecular formula is C9H5N3O5. The highest BCUT2D eigenvalue weighted by molar-refractivity contribution is 5.85. The van der Waals surface area contributed by atoms with Crippen molar-refractivity contribution in [2.24, 2.45) is 7.05 Å². The molecular weight excluding hydrogens is 230 g/mol. The maximum absolute atomic E-state index is 11.0. The predicted molar refractivity (Wildman–Crippen MR) is 51.6 cm³/mol. The molecule has 0 N–H and O–H groups in total. The molecule has 0 fully saturated rings. The van der Waals surface area contributed by atoms with Crippen LogP contribution in [0.15, 0.2) is 12.3 Å². The van der Waals surface area contributed by atoms with Gasteiger partial charge in [-0.05, 0) is 6.07 Å². The highest BCUT2D eigenvalue weighted by Crippen LogP contribution is 2.31. The normalized spacial score (nSPS) is 14.6. The minimum Gasteiger partial charge on any atom is -0.389 e. The van der Waals surface area contributed by atoms with Gasteiger partial charge in [-0.3, -0.25) is 4.68 Å². The zero-order chi connectivity index (χ0) is 12.0. The second kappa shape index (κ2) is 3.17. The number of aryl methyl sites for hydroxylation is 1. The van der Waals surface area contributed by atoms with Gasteiger partial charge in [-0.15, -0.1) is 0 Å². The number of carbonyl (C=O) groups excluding carboxylic acids is 2. The second-order valence-corrected chi connectivity index (χ2v) is 3.28. The lowest BCUT2D eigenvalue weighted by Crippen LogP contribution is -2.14. The Balaban J connectivity index is 2.23. The molecule has 3 heterocycles. The summed E-state index contributed by atoms with van der Waals surface area (Å²) in [6, 6.07) is 1.49. The molecule has 0 spiro atoms. The molecule has 0 amide bonds. The highest BCUT2D eigenvalue weighted by atomic mass is 16.8. The Labute approximate surface area is 93.7 Å². The molecule has 0 bridgehead atoms. The van der Waals surface area contributed by atoms with Gasteiger partial charge in [0.25, 0.3) is 5.88 Å². The molecule has 0 unspecified atom stereocenters. The van der Waals surface area contributed by atoms with Gasteiger partial charge in [-0.2, -0.15) is 10.1 Å². The number of nitrogens with zero attached hydrogens (tertiary/aromatic N) is 3. The second-order valence-electron chi connectivity index (χ2n) is 3.28. The first-order valence-corrected chi connectivity index (χ1v) is 4.58. The topological polar surface area (TPSA) is 92.5 Å². The third-order valence-corrected chi connectivity index (χ3v) is 2.18. The van der Waals surface area contributed by atoms with Crippen LogP contribution in [0.25, 0.3) is 11.0 Å². The maximum atomic E-state index is 11.0. The SMILES string of the molecule is Cn1ncc2cc3c(nc21)OC(=O)OC(=O)O3. The lowest BCUT2D eigenvalue weighted by molar-refractivity contribution is 0.0993. The molecule has 0 saturated carbocycles. The number of ether oxygens (including phenoxy) is 3. The van der Waals surface area contributed by atoms with Crippen LogP contribution in [-0.4, -0.2) is 27.1 Å². The van der Waals surface area contributed by atoms with Crippen LogP contribution in [0.3, 0.4) is 0 Å². The summed E-state index contributed by atoms with van der Waals surface area (Å²) in [6.07, 6.45) is -0.786. The fraction of sp³-hybridized carbons (Fsp3) is 0.111. The van der Waals surface area contributed by atoms with Gasteiger partial charge in [0.1, 0.15) is 0 Å². The zero-order valence-electron chi connectivity index (χ0n) is 8.54. The molecule has 0 aliphatic carbocycles. The summed E-state index contributed by atoms with van der Waals surface area (Å²) in [5.74, 6) is -0.113. The van der Waals surface area contributed by atoms with E-state index in [0.29, 0.717) is 11.0 Å². The van der Waals surface area contributed by atoms with Gasteiger partial charge in [0.05, 0.1) is 6.20 Å². The van der Waals surface area contributed by atoms with Gasteiger partial charge < -0.3 is 14.2 Å². The van der Waals surface area contributed by atoms with Crippen molar-refractivity contribution in [3.8, 4) is 11.6 Å². The van der Waals surface area contributed by atoms with Gasteiger partial charge in [-0.25, -0.2) is 9.59 Å². The summed E-state index contributed by atoms with van der Waals surface area (Å²) >= 11 is 0. The number of cyclic esters (lactones) is 2. The van der Waals surface area contributed by atoms with Crippen molar-refractivity contribution >= 4 is 23.3 Å². The van der Waals surface area contributed by atoms with E-state index in [-0.39, 0.29) is 11.6 Å². The summed E-state index contributed by atoms with van der Waals surface area (Å²) < 4.78 is 15.1. The average molecular weight is 235 g/mol. The zero-order valence-corrected chi connectivity index (χ0v) is 8.54. The third-order valence-electron chi connectivity index (χ3n) is 2.18. The first kappa shape index (κ1) is 9.58. The number of hydrogen-bond donors (Lipinski definition) is 0. The number of rotatable bonds is 0.